The van der Waals surface area contributed by atoms with Crippen molar-refractivity contribution in [2.75, 3.05) is 32.1 Å². The fraction of sp³-hybridized carbons (Fsp3) is 0.467. The van der Waals surface area contributed by atoms with E-state index in [1.807, 2.05) is 18.2 Å². The molecule has 1 heterocycles. The maximum absolute atomic E-state index is 12.1. The molecule has 1 amide bonds. The maximum atomic E-state index is 12.1. The Morgan fingerprint density at radius 1 is 1.57 bits per heavy atom. The van der Waals surface area contributed by atoms with Crippen molar-refractivity contribution >= 4 is 28.8 Å². The molecular formula is C15H21N3O2S. The number of thiocarbonyl (C=S) groups is 1. The number of hydrogen-bond acceptors (Lipinski definition) is 4. The van der Waals surface area contributed by atoms with Gasteiger partial charge >= 0.3 is 0 Å². The number of ether oxygens (including phenoxy) is 1. The Labute approximate surface area is 130 Å². The summed E-state index contributed by atoms with van der Waals surface area (Å²) >= 11 is 4.94. The lowest BCUT2D eigenvalue weighted by Crippen LogP contribution is -2.43. The van der Waals surface area contributed by atoms with E-state index in [2.05, 4.69) is 10.2 Å². The number of carbonyl (C=O) groups is 1. The molecule has 2 rings (SSSR count). The lowest BCUT2D eigenvalue weighted by molar-refractivity contribution is -0.118. The molecule has 1 fully saturated rings. The third kappa shape index (κ3) is 4.77. The molecule has 3 N–H and O–H groups in total. The van der Waals surface area contributed by atoms with E-state index in [9.17, 15) is 4.79 Å². The Balaban J connectivity index is 1.89. The van der Waals surface area contributed by atoms with Crippen molar-refractivity contribution in [3.8, 4) is 0 Å². The minimum atomic E-state index is -0.0353. The molecule has 1 saturated heterocycles. The van der Waals surface area contributed by atoms with E-state index >= 15 is 0 Å². The van der Waals surface area contributed by atoms with Crippen LogP contribution in [0, 0.1) is 0 Å². The largest absolute Gasteiger partial charge is 0.389 e. The van der Waals surface area contributed by atoms with Crippen LogP contribution in [0.15, 0.2) is 24.3 Å². The monoisotopic (exact) mass is 307 g/mol. The summed E-state index contributed by atoms with van der Waals surface area (Å²) in [5.41, 5.74) is 7.05. The lowest BCUT2D eigenvalue weighted by atomic mass is 10.1. The maximum Gasteiger partial charge on any atom is 0.238 e. The van der Waals surface area contributed by atoms with E-state index in [0.717, 1.165) is 31.5 Å². The van der Waals surface area contributed by atoms with Gasteiger partial charge in [-0.25, -0.2) is 0 Å². The highest BCUT2D eigenvalue weighted by atomic mass is 32.1. The standard InChI is InChI=1S/C15H21N3O2S/c1-20-13-6-3-7-18(9-13)10-14(19)17-12-5-2-4-11(8-12)15(16)21/h2,4-5,8,13H,3,6-7,9-10H2,1H3,(H2,16,21)(H,17,19). The minimum Gasteiger partial charge on any atom is -0.389 e. The second-order valence-electron chi connectivity index (χ2n) is 5.23. The van der Waals surface area contributed by atoms with Crippen molar-refractivity contribution in [1.82, 2.24) is 4.90 Å². The predicted molar refractivity (Wildman–Crippen MR) is 87.4 cm³/mol. The normalized spacial score (nSPS) is 19.2. The van der Waals surface area contributed by atoms with Crippen LogP contribution >= 0.6 is 12.2 Å². The van der Waals surface area contributed by atoms with Crippen LogP contribution in [0.1, 0.15) is 18.4 Å². The number of likely N-dealkylation sites (tertiary alicyclic amines) is 1. The Hall–Kier alpha value is -1.50. The molecule has 0 bridgehead atoms. The first-order valence-corrected chi connectivity index (χ1v) is 7.44. The van der Waals surface area contributed by atoms with Crippen molar-refractivity contribution in [1.29, 1.82) is 0 Å². The summed E-state index contributed by atoms with van der Waals surface area (Å²) in [5, 5.41) is 2.88. The molecule has 0 aromatic heterocycles. The summed E-state index contributed by atoms with van der Waals surface area (Å²) in [6.45, 7) is 2.11. The third-order valence-corrected chi connectivity index (χ3v) is 3.83. The predicted octanol–water partition coefficient (Wildman–Crippen LogP) is 1.37. The molecule has 0 aliphatic carbocycles. The Morgan fingerprint density at radius 2 is 2.38 bits per heavy atom. The summed E-state index contributed by atoms with van der Waals surface area (Å²) in [7, 11) is 1.72. The fourth-order valence-electron chi connectivity index (χ4n) is 2.50. The highest BCUT2D eigenvalue weighted by Gasteiger charge is 2.21. The highest BCUT2D eigenvalue weighted by Crippen LogP contribution is 2.13. The zero-order valence-electron chi connectivity index (χ0n) is 12.2. The first-order chi connectivity index (χ1) is 10.1. The number of benzene rings is 1. The molecule has 1 aromatic carbocycles. The van der Waals surface area contributed by atoms with E-state index in [1.165, 1.54) is 0 Å². The van der Waals surface area contributed by atoms with Gasteiger partial charge < -0.3 is 15.8 Å². The van der Waals surface area contributed by atoms with E-state index in [-0.39, 0.29) is 12.0 Å². The van der Waals surface area contributed by atoms with Gasteiger partial charge in [0.2, 0.25) is 5.91 Å². The van der Waals surface area contributed by atoms with Crippen LogP contribution < -0.4 is 11.1 Å². The van der Waals surface area contributed by atoms with Crippen LogP contribution in [0.2, 0.25) is 0 Å². The number of anilines is 1. The van der Waals surface area contributed by atoms with Gasteiger partial charge in [0.1, 0.15) is 4.99 Å². The van der Waals surface area contributed by atoms with Gasteiger partial charge in [0.15, 0.2) is 0 Å². The van der Waals surface area contributed by atoms with Crippen LogP contribution in [0.25, 0.3) is 0 Å². The number of hydrogen-bond donors (Lipinski definition) is 2. The number of nitrogens with one attached hydrogen (secondary N) is 1. The molecule has 0 saturated carbocycles. The van der Waals surface area contributed by atoms with Gasteiger partial charge in [-0.05, 0) is 31.5 Å². The first kappa shape index (κ1) is 15.9. The molecule has 1 aliphatic heterocycles. The van der Waals surface area contributed by atoms with Crippen molar-refractivity contribution in [3.63, 3.8) is 0 Å². The molecule has 114 valence electrons. The molecule has 1 unspecified atom stereocenters. The molecule has 5 nitrogen and oxygen atoms in total. The summed E-state index contributed by atoms with van der Waals surface area (Å²) in [5.74, 6) is -0.0353. The molecule has 1 aliphatic rings. The highest BCUT2D eigenvalue weighted by molar-refractivity contribution is 7.80. The quantitative estimate of drug-likeness (QED) is 0.804. The van der Waals surface area contributed by atoms with Crippen molar-refractivity contribution in [2.45, 2.75) is 18.9 Å². The van der Waals surface area contributed by atoms with Gasteiger partial charge in [-0.2, -0.15) is 0 Å². The van der Waals surface area contributed by atoms with E-state index in [4.69, 9.17) is 22.7 Å². The molecule has 0 spiro atoms. The zero-order chi connectivity index (χ0) is 15.2. The first-order valence-electron chi connectivity index (χ1n) is 7.03. The van der Waals surface area contributed by atoms with Crippen molar-refractivity contribution in [3.05, 3.63) is 29.8 Å². The Bertz CT molecular complexity index is 521. The molecule has 6 heteroatoms. The number of nitrogens with two attached hydrogens (primary N) is 1. The average molecular weight is 307 g/mol. The second kappa shape index (κ2) is 7.49. The van der Waals surface area contributed by atoms with Crippen molar-refractivity contribution in [2.24, 2.45) is 5.73 Å². The van der Waals surface area contributed by atoms with Gasteiger partial charge in [-0.1, -0.05) is 24.4 Å². The molecular weight excluding hydrogens is 286 g/mol. The van der Waals surface area contributed by atoms with Gasteiger partial charge in [-0.3, -0.25) is 9.69 Å². The number of carbonyl (C=O) groups excluding carboxylic acids is 1. The fourth-order valence-corrected chi connectivity index (χ4v) is 2.63. The number of amides is 1. The van der Waals surface area contributed by atoms with E-state index in [0.29, 0.717) is 17.2 Å². The summed E-state index contributed by atoms with van der Waals surface area (Å²) in [4.78, 5) is 14.5. The molecule has 1 atom stereocenters. The van der Waals surface area contributed by atoms with E-state index in [1.54, 1.807) is 13.2 Å². The number of piperidine rings is 1. The van der Waals surface area contributed by atoms with Crippen LogP contribution in [0.5, 0.6) is 0 Å². The van der Waals surface area contributed by atoms with Crippen LogP contribution in [0.3, 0.4) is 0 Å². The summed E-state index contributed by atoms with van der Waals surface area (Å²) in [6, 6.07) is 7.26. The number of nitrogens with zero attached hydrogens (tertiary/aromatic N) is 1. The van der Waals surface area contributed by atoms with Crippen LogP contribution in [-0.4, -0.2) is 48.6 Å². The molecule has 21 heavy (non-hydrogen) atoms. The summed E-state index contributed by atoms with van der Waals surface area (Å²) in [6.07, 6.45) is 2.34. The van der Waals surface area contributed by atoms with Gasteiger partial charge in [0.25, 0.3) is 0 Å². The SMILES string of the molecule is COC1CCCN(CC(=O)Nc2cccc(C(N)=S)c2)C1. The Kier molecular flexibility index (Phi) is 5.67. The smallest absolute Gasteiger partial charge is 0.238 e. The van der Waals surface area contributed by atoms with Crippen molar-refractivity contribution < 1.29 is 9.53 Å². The topological polar surface area (TPSA) is 67.6 Å². The molecule has 1 aromatic rings. The molecule has 0 radical (unpaired) electrons. The lowest BCUT2D eigenvalue weighted by Gasteiger charge is -2.31. The van der Waals surface area contributed by atoms with Gasteiger partial charge in [-0.15, -0.1) is 0 Å². The van der Waals surface area contributed by atoms with Crippen LogP contribution in [-0.2, 0) is 9.53 Å². The van der Waals surface area contributed by atoms with E-state index < -0.39 is 0 Å². The van der Waals surface area contributed by atoms with Gasteiger partial charge in [0.05, 0.1) is 12.6 Å². The number of rotatable bonds is 5. The number of methoxy groups -OCH3 is 1. The summed E-state index contributed by atoms with van der Waals surface area (Å²) < 4.78 is 5.36. The third-order valence-electron chi connectivity index (χ3n) is 3.59. The second-order valence-corrected chi connectivity index (χ2v) is 5.67. The Morgan fingerprint density at radius 3 is 3.10 bits per heavy atom. The van der Waals surface area contributed by atoms with Gasteiger partial charge in [0, 0.05) is 24.9 Å². The average Bonchev–Trinajstić information content (AvgIpc) is 2.47. The zero-order valence-corrected chi connectivity index (χ0v) is 13.0. The van der Waals surface area contributed by atoms with Crippen LogP contribution in [0.4, 0.5) is 5.69 Å². The minimum absolute atomic E-state index is 0.0353.